The predicted octanol–water partition coefficient (Wildman–Crippen LogP) is 1.88. The number of rotatable bonds is 5. The first-order valence-corrected chi connectivity index (χ1v) is 8.67. The molecular formula is C18H23N5O. The molecule has 0 saturated heterocycles. The minimum Gasteiger partial charge on any atom is -0.350 e. The van der Waals surface area contributed by atoms with Crippen LogP contribution in [0.5, 0.6) is 0 Å². The number of pyridine rings is 1. The number of fused-ring (bicyclic) bond motifs is 1. The first-order valence-electron chi connectivity index (χ1n) is 8.67. The van der Waals surface area contributed by atoms with Gasteiger partial charge in [0.2, 0.25) is 5.91 Å². The summed E-state index contributed by atoms with van der Waals surface area (Å²) in [6.07, 6.45) is 7.67. The Morgan fingerprint density at radius 1 is 1.29 bits per heavy atom. The van der Waals surface area contributed by atoms with Crippen molar-refractivity contribution in [2.45, 2.75) is 45.4 Å². The molecule has 2 aromatic heterocycles. The maximum absolute atomic E-state index is 11.8. The van der Waals surface area contributed by atoms with Crippen LogP contribution < -0.4 is 5.32 Å². The number of nitrogens with one attached hydrogen (secondary N) is 1. The van der Waals surface area contributed by atoms with Gasteiger partial charge in [0.05, 0.1) is 24.5 Å². The zero-order chi connectivity index (χ0) is 16.5. The van der Waals surface area contributed by atoms with Crippen LogP contribution in [-0.2, 0) is 24.4 Å². The van der Waals surface area contributed by atoms with E-state index in [9.17, 15) is 4.79 Å². The third kappa shape index (κ3) is 3.06. The second-order valence-electron chi connectivity index (χ2n) is 6.75. The van der Waals surface area contributed by atoms with Gasteiger partial charge in [-0.3, -0.25) is 14.7 Å². The van der Waals surface area contributed by atoms with E-state index in [1.165, 1.54) is 5.56 Å². The van der Waals surface area contributed by atoms with Crippen molar-refractivity contribution in [1.29, 1.82) is 0 Å². The molecule has 0 spiro atoms. The van der Waals surface area contributed by atoms with E-state index in [1.54, 1.807) is 0 Å². The molecule has 2 aromatic rings. The zero-order valence-electron chi connectivity index (χ0n) is 14.0. The van der Waals surface area contributed by atoms with E-state index in [-0.39, 0.29) is 17.9 Å². The average molecular weight is 325 g/mol. The van der Waals surface area contributed by atoms with Crippen molar-refractivity contribution in [3.05, 3.63) is 47.8 Å². The quantitative estimate of drug-likeness (QED) is 0.912. The Morgan fingerprint density at radius 2 is 2.08 bits per heavy atom. The van der Waals surface area contributed by atoms with Crippen LogP contribution >= 0.6 is 0 Å². The van der Waals surface area contributed by atoms with Crippen LogP contribution in [0.15, 0.2) is 30.7 Å². The number of hydrogen-bond acceptors (Lipinski definition) is 4. The van der Waals surface area contributed by atoms with Crippen LogP contribution in [0.3, 0.4) is 0 Å². The predicted molar refractivity (Wildman–Crippen MR) is 89.9 cm³/mol. The molecular weight excluding hydrogens is 302 g/mol. The van der Waals surface area contributed by atoms with Crippen LogP contribution in [0, 0.1) is 5.92 Å². The summed E-state index contributed by atoms with van der Waals surface area (Å²) in [6.45, 7) is 5.59. The van der Waals surface area contributed by atoms with Crippen LogP contribution in [0.25, 0.3) is 0 Å². The number of nitrogens with zero attached hydrogens (tertiary/aromatic N) is 4. The van der Waals surface area contributed by atoms with E-state index in [0.717, 1.165) is 44.0 Å². The fourth-order valence-electron chi connectivity index (χ4n) is 3.35. The van der Waals surface area contributed by atoms with E-state index in [4.69, 9.17) is 0 Å². The minimum absolute atomic E-state index is 0.189. The summed E-state index contributed by atoms with van der Waals surface area (Å²) in [6, 6.07) is 4.39. The van der Waals surface area contributed by atoms with E-state index in [2.05, 4.69) is 43.8 Å². The number of carbonyl (C=O) groups excluding carboxylic acids is 1. The van der Waals surface area contributed by atoms with Gasteiger partial charge in [-0.05, 0) is 37.5 Å². The summed E-state index contributed by atoms with van der Waals surface area (Å²) in [5, 5.41) is 3.04. The maximum atomic E-state index is 11.8. The average Bonchev–Trinajstić information content (AvgIpc) is 3.37. The molecule has 0 unspecified atom stereocenters. The van der Waals surface area contributed by atoms with Crippen LogP contribution in [0.2, 0.25) is 0 Å². The molecule has 1 fully saturated rings. The van der Waals surface area contributed by atoms with Gasteiger partial charge in [0, 0.05) is 37.9 Å². The molecule has 4 rings (SSSR count). The summed E-state index contributed by atoms with van der Waals surface area (Å²) in [5.74, 6) is 1.53. The Labute approximate surface area is 141 Å². The largest absolute Gasteiger partial charge is 0.350 e. The molecule has 6 heteroatoms. The highest BCUT2D eigenvalue weighted by Crippen LogP contribution is 2.29. The molecule has 1 aliphatic heterocycles. The molecule has 1 saturated carbocycles. The highest BCUT2D eigenvalue weighted by atomic mass is 16.2. The molecule has 1 amide bonds. The van der Waals surface area contributed by atoms with Crippen LogP contribution in [-0.4, -0.2) is 31.9 Å². The Bertz CT molecular complexity index is 722. The molecule has 1 N–H and O–H groups in total. The molecule has 126 valence electrons. The molecule has 0 aromatic carbocycles. The summed E-state index contributed by atoms with van der Waals surface area (Å²) in [7, 11) is 0. The topological polar surface area (TPSA) is 63.1 Å². The van der Waals surface area contributed by atoms with Crippen molar-refractivity contribution in [3.8, 4) is 0 Å². The molecule has 1 aliphatic carbocycles. The van der Waals surface area contributed by atoms with Crippen LogP contribution in [0.4, 0.5) is 0 Å². The summed E-state index contributed by atoms with van der Waals surface area (Å²) >= 11 is 0. The van der Waals surface area contributed by atoms with Gasteiger partial charge in [0.15, 0.2) is 0 Å². The second-order valence-corrected chi connectivity index (χ2v) is 6.75. The fourth-order valence-corrected chi connectivity index (χ4v) is 3.35. The Hall–Kier alpha value is -2.21. The lowest BCUT2D eigenvalue weighted by atomic mass is 10.1. The van der Waals surface area contributed by atoms with Gasteiger partial charge >= 0.3 is 0 Å². The minimum atomic E-state index is 0.189. The van der Waals surface area contributed by atoms with Gasteiger partial charge in [-0.1, -0.05) is 0 Å². The molecule has 0 bridgehead atoms. The van der Waals surface area contributed by atoms with Gasteiger partial charge in [-0.25, -0.2) is 4.98 Å². The van der Waals surface area contributed by atoms with Gasteiger partial charge in [-0.15, -0.1) is 0 Å². The van der Waals surface area contributed by atoms with Gasteiger partial charge in [0.25, 0.3) is 0 Å². The van der Waals surface area contributed by atoms with Crippen molar-refractivity contribution in [2.75, 3.05) is 6.54 Å². The van der Waals surface area contributed by atoms with Crippen molar-refractivity contribution in [1.82, 2.24) is 24.8 Å². The Kier molecular flexibility index (Phi) is 4.06. The lowest BCUT2D eigenvalue weighted by molar-refractivity contribution is -0.122. The highest BCUT2D eigenvalue weighted by molar-refractivity contribution is 5.80. The first-order chi connectivity index (χ1) is 11.7. The second kappa shape index (κ2) is 6.36. The van der Waals surface area contributed by atoms with E-state index in [0.29, 0.717) is 6.54 Å². The SMILES string of the molecule is C[C@@H]1c2ncc(CNC(=O)C3CC3)n2CCN1Cc1ccncc1. The third-order valence-electron chi connectivity index (χ3n) is 5.03. The maximum Gasteiger partial charge on any atom is 0.223 e. The number of hydrogen-bond donors (Lipinski definition) is 1. The molecule has 1 atom stereocenters. The third-order valence-corrected chi connectivity index (χ3v) is 5.03. The summed E-state index contributed by atoms with van der Waals surface area (Å²) in [5.41, 5.74) is 2.38. The van der Waals surface area contributed by atoms with Gasteiger partial charge in [-0.2, -0.15) is 0 Å². The highest BCUT2D eigenvalue weighted by Gasteiger charge is 2.30. The lowest BCUT2D eigenvalue weighted by Crippen LogP contribution is -2.37. The number of carbonyl (C=O) groups is 1. The van der Waals surface area contributed by atoms with Crippen molar-refractivity contribution in [2.24, 2.45) is 5.92 Å². The monoisotopic (exact) mass is 325 g/mol. The van der Waals surface area contributed by atoms with Gasteiger partial charge in [0.1, 0.15) is 5.82 Å². The molecule has 3 heterocycles. The molecule has 6 nitrogen and oxygen atoms in total. The smallest absolute Gasteiger partial charge is 0.223 e. The summed E-state index contributed by atoms with van der Waals surface area (Å²) in [4.78, 5) is 23.0. The Balaban J connectivity index is 1.43. The Morgan fingerprint density at radius 3 is 2.83 bits per heavy atom. The first kappa shape index (κ1) is 15.3. The van der Waals surface area contributed by atoms with Gasteiger partial charge < -0.3 is 9.88 Å². The van der Waals surface area contributed by atoms with E-state index < -0.39 is 0 Å². The van der Waals surface area contributed by atoms with E-state index >= 15 is 0 Å². The van der Waals surface area contributed by atoms with Crippen molar-refractivity contribution < 1.29 is 4.79 Å². The number of imidazole rings is 1. The van der Waals surface area contributed by atoms with E-state index in [1.807, 2.05) is 18.6 Å². The zero-order valence-corrected chi connectivity index (χ0v) is 14.0. The number of aromatic nitrogens is 3. The molecule has 0 radical (unpaired) electrons. The fraction of sp³-hybridized carbons (Fsp3) is 0.500. The van der Waals surface area contributed by atoms with Crippen molar-refractivity contribution >= 4 is 5.91 Å². The number of amides is 1. The standard InChI is InChI=1S/C18H23N5O/c1-13-17-20-10-16(11-21-18(24)15-2-3-15)23(17)9-8-22(13)12-14-4-6-19-7-5-14/h4-7,10,13,15H,2-3,8-9,11-12H2,1H3,(H,21,24)/t13-/m1/s1. The van der Waals surface area contributed by atoms with Crippen molar-refractivity contribution in [3.63, 3.8) is 0 Å². The molecule has 2 aliphatic rings. The molecule has 24 heavy (non-hydrogen) atoms. The van der Waals surface area contributed by atoms with Crippen LogP contribution in [0.1, 0.15) is 42.9 Å². The lowest BCUT2D eigenvalue weighted by Gasteiger charge is -2.34. The summed E-state index contributed by atoms with van der Waals surface area (Å²) < 4.78 is 2.26. The normalized spacial score (nSPS) is 20.6.